The highest BCUT2D eigenvalue weighted by Gasteiger charge is 2.17. The average Bonchev–Trinajstić information content (AvgIpc) is 3.50. The third-order valence-corrected chi connectivity index (χ3v) is 6.44. The number of nitrogens with zero attached hydrogens (tertiary/aromatic N) is 1. The molecule has 0 spiro atoms. The van der Waals surface area contributed by atoms with E-state index in [0.717, 1.165) is 5.56 Å². The lowest BCUT2D eigenvalue weighted by molar-refractivity contribution is -0.384. The molecule has 5 aromatic rings. The van der Waals surface area contributed by atoms with Crippen LogP contribution in [0, 0.1) is 10.1 Å². The highest BCUT2D eigenvalue weighted by molar-refractivity contribution is 6.15. The van der Waals surface area contributed by atoms with E-state index in [1.54, 1.807) is 66.7 Å². The molecule has 0 saturated carbocycles. The predicted octanol–water partition coefficient (Wildman–Crippen LogP) is 6.92. The van der Waals surface area contributed by atoms with E-state index in [4.69, 9.17) is 4.42 Å². The first-order chi connectivity index (χ1) is 20.9. The highest BCUT2D eigenvalue weighted by Crippen LogP contribution is 2.26. The Hall–Kier alpha value is -6.09. The Balaban J connectivity index is 1.30. The maximum Gasteiger partial charge on any atom is 0.269 e. The number of nitrogens with one attached hydrogen (secondary N) is 2. The number of carbonyl (C=O) groups is 3. The van der Waals surface area contributed by atoms with Crippen molar-refractivity contribution < 1.29 is 23.7 Å². The molecule has 0 atom stereocenters. The van der Waals surface area contributed by atoms with E-state index in [-0.39, 0.29) is 29.4 Å². The molecule has 0 aliphatic heterocycles. The fourth-order valence-corrected chi connectivity index (χ4v) is 4.33. The van der Waals surface area contributed by atoms with Gasteiger partial charge in [-0.25, -0.2) is 0 Å². The van der Waals surface area contributed by atoms with Crippen LogP contribution in [0.5, 0.6) is 0 Å². The average molecular weight is 572 g/mol. The summed E-state index contributed by atoms with van der Waals surface area (Å²) in [5, 5.41) is 16.4. The summed E-state index contributed by atoms with van der Waals surface area (Å²) in [6.07, 6.45) is 2.91. The molecule has 212 valence electrons. The molecule has 0 radical (unpaired) electrons. The van der Waals surface area contributed by atoms with E-state index >= 15 is 0 Å². The third kappa shape index (κ3) is 7.36. The number of amides is 2. The number of furan rings is 1. The number of nitro groups is 1. The third-order valence-electron chi connectivity index (χ3n) is 6.44. The van der Waals surface area contributed by atoms with Gasteiger partial charge in [0.25, 0.3) is 5.69 Å². The van der Waals surface area contributed by atoms with Crippen molar-refractivity contribution in [1.29, 1.82) is 0 Å². The molecule has 2 amide bonds. The first-order valence-corrected chi connectivity index (χ1v) is 13.3. The second-order valence-corrected chi connectivity index (χ2v) is 9.49. The zero-order valence-electron chi connectivity index (χ0n) is 22.7. The molecule has 4 aromatic carbocycles. The smallest absolute Gasteiger partial charge is 0.269 e. The number of hydrogen-bond donors (Lipinski definition) is 2. The van der Waals surface area contributed by atoms with Crippen molar-refractivity contribution in [3.8, 4) is 11.3 Å². The van der Waals surface area contributed by atoms with Gasteiger partial charge in [0.05, 0.1) is 17.0 Å². The summed E-state index contributed by atoms with van der Waals surface area (Å²) in [7, 11) is 0. The summed E-state index contributed by atoms with van der Waals surface area (Å²) in [5.41, 5.74) is 2.82. The molecule has 0 saturated heterocycles. The van der Waals surface area contributed by atoms with Gasteiger partial charge in [-0.3, -0.25) is 24.5 Å². The van der Waals surface area contributed by atoms with Crippen LogP contribution >= 0.6 is 0 Å². The van der Waals surface area contributed by atoms with Crippen LogP contribution in [0.1, 0.15) is 27.2 Å². The summed E-state index contributed by atoms with van der Waals surface area (Å²) in [6, 6.07) is 31.9. The Morgan fingerprint density at radius 1 is 0.791 bits per heavy atom. The molecule has 0 unspecified atom stereocenters. The molecule has 0 aliphatic rings. The Morgan fingerprint density at radius 2 is 1.49 bits per heavy atom. The van der Waals surface area contributed by atoms with Crippen molar-refractivity contribution >= 4 is 40.7 Å². The number of benzene rings is 4. The molecular weight excluding hydrogens is 546 g/mol. The summed E-state index contributed by atoms with van der Waals surface area (Å²) in [4.78, 5) is 49.3. The summed E-state index contributed by atoms with van der Waals surface area (Å²) in [5.74, 6) is -0.160. The van der Waals surface area contributed by atoms with E-state index in [1.807, 2.05) is 30.3 Å². The van der Waals surface area contributed by atoms with Gasteiger partial charge in [0.2, 0.25) is 11.8 Å². The standard InChI is InChI=1S/C34H25N3O6/c38-32(20-17-28-16-19-31(43-28)24-11-14-27(15-12-24)37(41)42)35-26-13-18-30(36-33(39)21-23-7-3-1-4-8-23)29(22-26)34(40)25-9-5-2-6-10-25/h1-20,22H,21H2,(H,35,38)(H,36,39)/b20-17+. The van der Waals surface area contributed by atoms with Gasteiger partial charge in [0.1, 0.15) is 11.5 Å². The minimum atomic E-state index is -0.477. The summed E-state index contributed by atoms with van der Waals surface area (Å²) in [6.45, 7) is 0. The van der Waals surface area contributed by atoms with E-state index in [1.165, 1.54) is 30.4 Å². The summed E-state index contributed by atoms with van der Waals surface area (Å²) >= 11 is 0. The van der Waals surface area contributed by atoms with Crippen LogP contribution in [-0.2, 0) is 16.0 Å². The normalized spacial score (nSPS) is 10.8. The van der Waals surface area contributed by atoms with Crippen LogP contribution in [0.3, 0.4) is 0 Å². The minimum absolute atomic E-state index is 0.0247. The highest BCUT2D eigenvalue weighted by atomic mass is 16.6. The molecule has 1 heterocycles. The minimum Gasteiger partial charge on any atom is -0.457 e. The van der Waals surface area contributed by atoms with Gasteiger partial charge in [-0.05, 0) is 54.1 Å². The number of rotatable bonds is 10. The molecule has 0 fully saturated rings. The quantitative estimate of drug-likeness (QED) is 0.0810. The zero-order chi connectivity index (χ0) is 30.2. The van der Waals surface area contributed by atoms with Gasteiger partial charge >= 0.3 is 0 Å². The topological polar surface area (TPSA) is 132 Å². The monoisotopic (exact) mass is 571 g/mol. The number of anilines is 2. The van der Waals surface area contributed by atoms with Crippen molar-refractivity contribution in [2.24, 2.45) is 0 Å². The van der Waals surface area contributed by atoms with E-state index < -0.39 is 10.8 Å². The fourth-order valence-electron chi connectivity index (χ4n) is 4.33. The van der Waals surface area contributed by atoms with Crippen LogP contribution in [-0.4, -0.2) is 22.5 Å². The molecule has 2 N–H and O–H groups in total. The molecule has 43 heavy (non-hydrogen) atoms. The van der Waals surface area contributed by atoms with Crippen LogP contribution in [0.25, 0.3) is 17.4 Å². The molecule has 0 aliphatic carbocycles. The number of carbonyl (C=O) groups excluding carboxylic acids is 3. The van der Waals surface area contributed by atoms with Gasteiger partial charge in [0.15, 0.2) is 5.78 Å². The van der Waals surface area contributed by atoms with E-state index in [9.17, 15) is 24.5 Å². The van der Waals surface area contributed by atoms with Crippen molar-refractivity contribution in [3.63, 3.8) is 0 Å². The van der Waals surface area contributed by atoms with Crippen molar-refractivity contribution in [2.45, 2.75) is 6.42 Å². The lowest BCUT2D eigenvalue weighted by Crippen LogP contribution is -2.17. The molecule has 9 heteroatoms. The molecule has 5 rings (SSSR count). The molecule has 9 nitrogen and oxygen atoms in total. The van der Waals surface area contributed by atoms with Crippen molar-refractivity contribution in [3.05, 3.63) is 154 Å². The van der Waals surface area contributed by atoms with Crippen LogP contribution < -0.4 is 10.6 Å². The number of nitro benzene ring substituents is 1. The number of non-ortho nitro benzene ring substituents is 1. The Bertz CT molecular complexity index is 1810. The Labute approximate surface area is 246 Å². The van der Waals surface area contributed by atoms with Crippen molar-refractivity contribution in [2.75, 3.05) is 10.6 Å². The maximum atomic E-state index is 13.4. The van der Waals surface area contributed by atoms with Crippen molar-refractivity contribution in [1.82, 2.24) is 0 Å². The first kappa shape index (κ1) is 28.4. The number of hydrogen-bond acceptors (Lipinski definition) is 6. The van der Waals surface area contributed by atoms with Crippen LogP contribution in [0.15, 0.2) is 126 Å². The lowest BCUT2D eigenvalue weighted by Gasteiger charge is -2.13. The first-order valence-electron chi connectivity index (χ1n) is 13.3. The second kappa shape index (κ2) is 13.0. The SMILES string of the molecule is O=C(/C=C/c1ccc(-c2ccc([N+](=O)[O-])cc2)o1)Nc1ccc(NC(=O)Cc2ccccc2)c(C(=O)c2ccccc2)c1. The van der Waals surface area contributed by atoms with Gasteiger partial charge in [-0.1, -0.05) is 60.7 Å². The molecule has 1 aromatic heterocycles. The number of ketones is 1. The van der Waals surface area contributed by atoms with Gasteiger partial charge < -0.3 is 15.1 Å². The van der Waals surface area contributed by atoms with Crippen LogP contribution in [0.4, 0.5) is 17.1 Å². The molecule has 0 bridgehead atoms. The van der Waals surface area contributed by atoms with E-state index in [0.29, 0.717) is 34.0 Å². The zero-order valence-corrected chi connectivity index (χ0v) is 22.7. The lowest BCUT2D eigenvalue weighted by atomic mass is 10.0. The van der Waals surface area contributed by atoms with Gasteiger partial charge in [0, 0.05) is 40.6 Å². The fraction of sp³-hybridized carbons (Fsp3) is 0.0294. The summed E-state index contributed by atoms with van der Waals surface area (Å²) < 4.78 is 5.74. The van der Waals surface area contributed by atoms with E-state index in [2.05, 4.69) is 10.6 Å². The van der Waals surface area contributed by atoms with Gasteiger partial charge in [-0.2, -0.15) is 0 Å². The van der Waals surface area contributed by atoms with Gasteiger partial charge in [-0.15, -0.1) is 0 Å². The molecular formula is C34H25N3O6. The Kier molecular flexibility index (Phi) is 8.63. The maximum absolute atomic E-state index is 13.4. The largest absolute Gasteiger partial charge is 0.457 e. The van der Waals surface area contributed by atoms with Crippen LogP contribution in [0.2, 0.25) is 0 Å². The Morgan fingerprint density at radius 3 is 2.19 bits per heavy atom. The predicted molar refractivity (Wildman–Crippen MR) is 164 cm³/mol. The second-order valence-electron chi connectivity index (χ2n) is 9.49.